The van der Waals surface area contributed by atoms with Crippen LogP contribution in [-0.2, 0) is 30.5 Å². The van der Waals surface area contributed by atoms with Crippen LogP contribution in [0, 0.1) is 17.5 Å². The molecular weight excluding hydrogens is 577 g/mol. The van der Waals surface area contributed by atoms with Crippen LogP contribution in [0.2, 0.25) is 0 Å². The number of pyridine rings is 1. The van der Waals surface area contributed by atoms with Crippen LogP contribution < -0.4 is 11.1 Å². The molecule has 1 aliphatic rings. The van der Waals surface area contributed by atoms with Crippen molar-refractivity contribution in [2.75, 3.05) is 11.9 Å². The average Bonchev–Trinajstić information content (AvgIpc) is 3.23. The highest BCUT2D eigenvalue weighted by molar-refractivity contribution is 6.03. The highest BCUT2D eigenvalue weighted by Crippen LogP contribution is 2.32. The minimum atomic E-state index is -4.85. The van der Waals surface area contributed by atoms with E-state index in [2.05, 4.69) is 15.3 Å². The van der Waals surface area contributed by atoms with Crippen LogP contribution in [0.4, 0.5) is 32.2 Å². The molecule has 0 fully saturated rings. The molecule has 39 heavy (non-hydrogen) atoms. The van der Waals surface area contributed by atoms with Gasteiger partial charge in [0.25, 0.3) is 5.91 Å². The van der Waals surface area contributed by atoms with Gasteiger partial charge in [0.1, 0.15) is 11.6 Å². The number of alkyl halides is 3. The lowest BCUT2D eigenvalue weighted by Crippen LogP contribution is -2.42. The summed E-state index contributed by atoms with van der Waals surface area (Å²) in [6.45, 7) is -0.773. The molecule has 16 heteroatoms. The van der Waals surface area contributed by atoms with E-state index in [4.69, 9.17) is 5.73 Å². The number of aromatic nitrogens is 3. The number of anilines is 1. The standard InChI is InChI=1S/C23H20F6N6O2.2ClH/c24-14-10-16(26)15(25)8-12(14)7-13(30)9-19(36)34-5-6-35-17(11-34)20(33-22(35)23(27,28)29)21(37)32-18-3-1-2-4-31-18;;/h1-4,8,10,13H,5-7,9,11,30H2,(H,31,32,37);2*1H/t13-;;/m1../s1. The predicted octanol–water partition coefficient (Wildman–Crippen LogP) is 4.11. The van der Waals surface area contributed by atoms with E-state index >= 15 is 0 Å². The minimum absolute atomic E-state index is 0. The molecule has 3 heterocycles. The Labute approximate surface area is 230 Å². The fraction of sp³-hybridized carbons (Fsp3) is 0.304. The summed E-state index contributed by atoms with van der Waals surface area (Å²) in [5.41, 5.74) is 5.06. The van der Waals surface area contributed by atoms with Gasteiger partial charge in [0.15, 0.2) is 17.3 Å². The first-order valence-electron chi connectivity index (χ1n) is 11.0. The number of benzene rings is 1. The van der Waals surface area contributed by atoms with Crippen molar-refractivity contribution >= 4 is 42.4 Å². The van der Waals surface area contributed by atoms with Gasteiger partial charge in [-0.25, -0.2) is 23.1 Å². The number of hydrogen-bond donors (Lipinski definition) is 2. The summed E-state index contributed by atoms with van der Waals surface area (Å²) in [5.74, 6) is -6.33. The zero-order valence-corrected chi connectivity index (χ0v) is 21.5. The normalized spacial score (nSPS) is 13.6. The van der Waals surface area contributed by atoms with Gasteiger partial charge in [-0.3, -0.25) is 9.59 Å². The van der Waals surface area contributed by atoms with Gasteiger partial charge in [-0.05, 0) is 30.2 Å². The number of imidazole rings is 1. The van der Waals surface area contributed by atoms with Gasteiger partial charge in [-0.15, -0.1) is 24.8 Å². The molecule has 212 valence electrons. The van der Waals surface area contributed by atoms with Crippen molar-refractivity contribution in [2.45, 2.75) is 38.1 Å². The van der Waals surface area contributed by atoms with E-state index in [-0.39, 0.29) is 74.4 Å². The Morgan fingerprint density at radius 3 is 2.38 bits per heavy atom. The molecule has 2 amide bonds. The first-order chi connectivity index (χ1) is 17.4. The highest BCUT2D eigenvalue weighted by Gasteiger charge is 2.41. The van der Waals surface area contributed by atoms with Gasteiger partial charge in [0, 0.05) is 37.8 Å². The van der Waals surface area contributed by atoms with Crippen molar-refractivity contribution in [3.63, 3.8) is 0 Å². The highest BCUT2D eigenvalue weighted by atomic mass is 35.5. The van der Waals surface area contributed by atoms with E-state index < -0.39 is 53.0 Å². The summed E-state index contributed by atoms with van der Waals surface area (Å²) in [7, 11) is 0. The third-order valence-electron chi connectivity index (χ3n) is 5.74. The van der Waals surface area contributed by atoms with Crippen LogP contribution in [-0.4, -0.2) is 43.8 Å². The molecule has 0 saturated heterocycles. The molecule has 4 rings (SSSR count). The van der Waals surface area contributed by atoms with Gasteiger partial charge >= 0.3 is 6.18 Å². The number of fused-ring (bicyclic) bond motifs is 1. The van der Waals surface area contributed by atoms with Gasteiger partial charge < -0.3 is 20.5 Å². The molecule has 0 aliphatic carbocycles. The topological polar surface area (TPSA) is 106 Å². The maximum atomic E-state index is 13.9. The molecule has 0 spiro atoms. The van der Waals surface area contributed by atoms with Crippen molar-refractivity contribution < 1.29 is 35.9 Å². The van der Waals surface area contributed by atoms with Crippen molar-refractivity contribution in [3.05, 3.63) is 76.8 Å². The zero-order valence-electron chi connectivity index (χ0n) is 19.8. The van der Waals surface area contributed by atoms with Crippen molar-refractivity contribution in [3.8, 4) is 0 Å². The monoisotopic (exact) mass is 598 g/mol. The van der Waals surface area contributed by atoms with Crippen LogP contribution >= 0.6 is 24.8 Å². The number of rotatable bonds is 6. The number of nitrogens with zero attached hydrogens (tertiary/aromatic N) is 4. The van der Waals surface area contributed by atoms with Gasteiger partial charge in [-0.1, -0.05) is 6.07 Å². The van der Waals surface area contributed by atoms with Gasteiger partial charge in [-0.2, -0.15) is 13.2 Å². The lowest BCUT2D eigenvalue weighted by molar-refractivity contribution is -0.148. The maximum Gasteiger partial charge on any atom is 0.449 e. The lowest BCUT2D eigenvalue weighted by Gasteiger charge is -2.30. The summed E-state index contributed by atoms with van der Waals surface area (Å²) in [5, 5.41) is 2.38. The van der Waals surface area contributed by atoms with E-state index in [1.165, 1.54) is 17.2 Å². The molecular formula is C23H22Cl2F6N6O2. The number of halogens is 8. The molecule has 1 atom stereocenters. The van der Waals surface area contributed by atoms with Crippen molar-refractivity contribution in [1.82, 2.24) is 19.4 Å². The molecule has 3 aromatic rings. The molecule has 3 N–H and O–H groups in total. The minimum Gasteiger partial charge on any atom is -0.335 e. The fourth-order valence-electron chi connectivity index (χ4n) is 4.02. The van der Waals surface area contributed by atoms with Crippen molar-refractivity contribution in [1.29, 1.82) is 0 Å². The van der Waals surface area contributed by atoms with Crippen LogP contribution in [0.15, 0.2) is 36.5 Å². The van der Waals surface area contributed by atoms with E-state index in [1.54, 1.807) is 12.1 Å². The Balaban J connectivity index is 0.00000267. The zero-order chi connectivity index (χ0) is 26.9. The summed E-state index contributed by atoms with van der Waals surface area (Å²) in [6, 6.07) is 4.64. The number of hydrogen-bond acceptors (Lipinski definition) is 5. The molecule has 0 radical (unpaired) electrons. The summed E-state index contributed by atoms with van der Waals surface area (Å²) >= 11 is 0. The quantitative estimate of drug-likeness (QED) is 0.328. The number of amides is 2. The number of nitrogens with two attached hydrogens (primary N) is 1. The Morgan fingerprint density at radius 1 is 1.05 bits per heavy atom. The number of carbonyl (C=O) groups is 2. The van der Waals surface area contributed by atoms with E-state index in [0.717, 1.165) is 4.57 Å². The third-order valence-corrected chi connectivity index (χ3v) is 5.74. The van der Waals surface area contributed by atoms with Crippen LogP contribution in [0.3, 0.4) is 0 Å². The average molecular weight is 599 g/mol. The SMILES string of the molecule is Cl.Cl.N[C@@H](CC(=O)N1CCn2c(C(F)(F)F)nc(C(=O)Nc3ccccn3)c2C1)Cc1cc(F)c(F)cc1F. The molecule has 0 unspecified atom stereocenters. The Hall–Kier alpha value is -3.36. The second-order valence-corrected chi connectivity index (χ2v) is 8.39. The van der Waals surface area contributed by atoms with Gasteiger partial charge in [0.2, 0.25) is 11.7 Å². The van der Waals surface area contributed by atoms with Crippen molar-refractivity contribution in [2.24, 2.45) is 5.73 Å². The first-order valence-corrected chi connectivity index (χ1v) is 11.0. The van der Waals surface area contributed by atoms with Crippen LogP contribution in [0.5, 0.6) is 0 Å². The molecule has 8 nitrogen and oxygen atoms in total. The maximum absolute atomic E-state index is 13.9. The van der Waals surface area contributed by atoms with E-state index in [9.17, 15) is 35.9 Å². The molecule has 1 aromatic carbocycles. The molecule has 0 saturated carbocycles. The smallest absolute Gasteiger partial charge is 0.335 e. The van der Waals surface area contributed by atoms with Gasteiger partial charge in [0.05, 0.1) is 12.2 Å². The second-order valence-electron chi connectivity index (χ2n) is 8.39. The van der Waals surface area contributed by atoms with E-state index in [0.29, 0.717) is 12.1 Å². The predicted molar refractivity (Wildman–Crippen MR) is 132 cm³/mol. The lowest BCUT2D eigenvalue weighted by atomic mass is 10.0. The Morgan fingerprint density at radius 2 is 1.74 bits per heavy atom. The Bertz CT molecular complexity index is 1340. The molecule has 1 aliphatic heterocycles. The van der Waals surface area contributed by atoms with Crippen LogP contribution in [0.25, 0.3) is 0 Å². The fourth-order valence-corrected chi connectivity index (χ4v) is 4.02. The second kappa shape index (κ2) is 12.7. The largest absolute Gasteiger partial charge is 0.449 e. The molecule has 0 bridgehead atoms. The number of carbonyl (C=O) groups excluding carboxylic acids is 2. The Kier molecular flexibility index (Phi) is 10.3. The number of nitrogens with one attached hydrogen (secondary N) is 1. The first kappa shape index (κ1) is 31.9. The molecule has 2 aromatic heterocycles. The summed E-state index contributed by atoms with van der Waals surface area (Å²) in [6.07, 6.45) is -4.10. The van der Waals surface area contributed by atoms with E-state index in [1.807, 2.05) is 0 Å². The summed E-state index contributed by atoms with van der Waals surface area (Å²) < 4.78 is 82.1. The van der Waals surface area contributed by atoms with Crippen LogP contribution in [0.1, 0.15) is 34.0 Å². The third kappa shape index (κ3) is 7.19. The summed E-state index contributed by atoms with van der Waals surface area (Å²) in [4.78, 5) is 34.2.